The van der Waals surface area contributed by atoms with Crippen molar-refractivity contribution in [2.75, 3.05) is 28.2 Å². The zero-order chi connectivity index (χ0) is 11.1. The molecule has 0 fully saturated rings. The van der Waals surface area contributed by atoms with Gasteiger partial charge in [-0.05, 0) is 0 Å². The van der Waals surface area contributed by atoms with Gasteiger partial charge in [0, 0.05) is 28.2 Å². The van der Waals surface area contributed by atoms with Gasteiger partial charge >= 0.3 is 16.2 Å². The average molecular weight is 220 g/mol. The maximum Gasteiger partial charge on any atom is 0.351 e. The van der Waals surface area contributed by atoms with Gasteiger partial charge in [0.2, 0.25) is 5.96 Å². The Morgan fingerprint density at radius 1 is 1.29 bits per heavy atom. The molecule has 1 aliphatic rings. The van der Waals surface area contributed by atoms with Gasteiger partial charge in [0.1, 0.15) is 0 Å². The third-order valence-electron chi connectivity index (χ3n) is 1.80. The fourth-order valence-corrected chi connectivity index (χ4v) is 1.94. The SMILES string of the molecule is CN(C)C1=NS(=O)(=O)N(C)C(=O)N1C. The number of rotatable bonds is 0. The molecule has 0 atom stereocenters. The molecule has 14 heavy (non-hydrogen) atoms. The number of amides is 2. The number of hydrogen-bond acceptors (Lipinski definition) is 4. The highest BCUT2D eigenvalue weighted by Crippen LogP contribution is 2.12. The Bertz CT molecular complexity index is 386. The lowest BCUT2D eigenvalue weighted by Gasteiger charge is -2.31. The zero-order valence-electron chi connectivity index (χ0n) is 8.42. The second-order valence-electron chi connectivity index (χ2n) is 3.07. The van der Waals surface area contributed by atoms with E-state index in [1.807, 2.05) is 0 Å². The predicted octanol–water partition coefficient (Wildman–Crippen LogP) is -0.854. The van der Waals surface area contributed by atoms with Crippen LogP contribution in [0.4, 0.5) is 4.79 Å². The normalized spacial score (nSPS) is 20.9. The first-order valence-electron chi connectivity index (χ1n) is 3.81. The standard InChI is InChI=1S/C6H12N4O3S/c1-8(2)5-7-14(12,13)10(4)6(11)9(5)3/h1-4H3. The quantitative estimate of drug-likeness (QED) is 0.533. The van der Waals surface area contributed by atoms with Crippen LogP contribution >= 0.6 is 0 Å². The van der Waals surface area contributed by atoms with E-state index in [-0.39, 0.29) is 5.96 Å². The van der Waals surface area contributed by atoms with Gasteiger partial charge in [-0.2, -0.15) is 8.42 Å². The van der Waals surface area contributed by atoms with Crippen molar-refractivity contribution in [1.82, 2.24) is 14.1 Å². The minimum absolute atomic E-state index is 0.105. The summed E-state index contributed by atoms with van der Waals surface area (Å²) < 4.78 is 26.7. The van der Waals surface area contributed by atoms with Crippen molar-refractivity contribution in [2.24, 2.45) is 4.40 Å². The third-order valence-corrected chi connectivity index (χ3v) is 3.04. The number of carbonyl (C=O) groups is 1. The summed E-state index contributed by atoms with van der Waals surface area (Å²) in [6, 6.07) is -0.622. The van der Waals surface area contributed by atoms with Crippen LogP contribution in [-0.4, -0.2) is 62.7 Å². The number of urea groups is 1. The molecule has 1 aliphatic heterocycles. The minimum atomic E-state index is -3.85. The molecule has 0 aromatic rings. The lowest BCUT2D eigenvalue weighted by Crippen LogP contribution is -2.53. The van der Waals surface area contributed by atoms with Gasteiger partial charge in [-0.3, -0.25) is 4.90 Å². The van der Waals surface area contributed by atoms with Gasteiger partial charge in [-0.15, -0.1) is 4.40 Å². The van der Waals surface area contributed by atoms with E-state index < -0.39 is 16.2 Å². The summed E-state index contributed by atoms with van der Waals surface area (Å²) in [7, 11) is 2.02. The molecule has 80 valence electrons. The molecule has 0 unspecified atom stereocenters. The molecule has 0 saturated heterocycles. The average Bonchev–Trinajstić information content (AvgIpc) is 2.08. The van der Waals surface area contributed by atoms with Crippen molar-refractivity contribution in [3.05, 3.63) is 0 Å². The van der Waals surface area contributed by atoms with Crippen molar-refractivity contribution < 1.29 is 13.2 Å². The van der Waals surface area contributed by atoms with E-state index >= 15 is 0 Å². The monoisotopic (exact) mass is 220 g/mol. The molecule has 7 nitrogen and oxygen atoms in total. The van der Waals surface area contributed by atoms with Crippen LogP contribution in [0.2, 0.25) is 0 Å². The van der Waals surface area contributed by atoms with E-state index in [2.05, 4.69) is 4.40 Å². The summed E-state index contributed by atoms with van der Waals surface area (Å²) in [5.41, 5.74) is 0. The summed E-state index contributed by atoms with van der Waals surface area (Å²) in [4.78, 5) is 14.0. The first kappa shape index (κ1) is 10.8. The second-order valence-corrected chi connectivity index (χ2v) is 4.70. The maximum absolute atomic E-state index is 11.4. The summed E-state index contributed by atoms with van der Waals surface area (Å²) in [5, 5.41) is 0. The van der Waals surface area contributed by atoms with E-state index in [0.29, 0.717) is 4.31 Å². The Hall–Kier alpha value is -1.31. The zero-order valence-corrected chi connectivity index (χ0v) is 9.24. The summed E-state index contributed by atoms with van der Waals surface area (Å²) >= 11 is 0. The van der Waals surface area contributed by atoms with Gasteiger partial charge in [0.05, 0.1) is 0 Å². The van der Waals surface area contributed by atoms with Gasteiger partial charge in [-0.25, -0.2) is 9.10 Å². The van der Waals surface area contributed by atoms with E-state index in [1.54, 1.807) is 14.1 Å². The molecule has 0 N–H and O–H groups in total. The number of nitrogens with zero attached hydrogens (tertiary/aromatic N) is 4. The van der Waals surface area contributed by atoms with Gasteiger partial charge < -0.3 is 4.90 Å². The Balaban J connectivity index is 3.28. The Kier molecular flexibility index (Phi) is 2.40. The van der Waals surface area contributed by atoms with Crippen molar-refractivity contribution in [3.63, 3.8) is 0 Å². The highest BCUT2D eigenvalue weighted by molar-refractivity contribution is 7.88. The van der Waals surface area contributed by atoms with Crippen LogP contribution < -0.4 is 0 Å². The molecule has 2 amide bonds. The molecule has 0 radical (unpaired) electrons. The van der Waals surface area contributed by atoms with E-state index in [0.717, 1.165) is 0 Å². The van der Waals surface area contributed by atoms with Gasteiger partial charge in [0.25, 0.3) is 0 Å². The Labute approximate surface area is 82.8 Å². The van der Waals surface area contributed by atoms with Crippen LogP contribution in [-0.2, 0) is 10.2 Å². The summed E-state index contributed by atoms with van der Waals surface area (Å²) in [5.74, 6) is 0.105. The highest BCUT2D eigenvalue weighted by atomic mass is 32.2. The number of carbonyl (C=O) groups excluding carboxylic acids is 1. The molecular formula is C6H12N4O3S. The van der Waals surface area contributed by atoms with Crippen molar-refractivity contribution in [3.8, 4) is 0 Å². The molecule has 0 aromatic carbocycles. The van der Waals surface area contributed by atoms with Crippen LogP contribution in [0.5, 0.6) is 0 Å². The van der Waals surface area contributed by atoms with E-state index in [4.69, 9.17) is 0 Å². The van der Waals surface area contributed by atoms with E-state index in [1.165, 1.54) is 23.9 Å². The topological polar surface area (TPSA) is 73.3 Å². The Morgan fingerprint density at radius 2 is 1.79 bits per heavy atom. The summed E-state index contributed by atoms with van der Waals surface area (Å²) in [6.07, 6.45) is 0. The molecule has 0 aromatic heterocycles. The first-order chi connectivity index (χ1) is 6.27. The van der Waals surface area contributed by atoms with Crippen molar-refractivity contribution in [1.29, 1.82) is 0 Å². The van der Waals surface area contributed by atoms with Crippen LogP contribution in [0.25, 0.3) is 0 Å². The third kappa shape index (κ3) is 1.52. The maximum atomic E-state index is 11.4. The minimum Gasteiger partial charge on any atom is -0.348 e. The van der Waals surface area contributed by atoms with Crippen molar-refractivity contribution in [2.45, 2.75) is 0 Å². The first-order valence-corrected chi connectivity index (χ1v) is 5.21. The number of hydrogen-bond donors (Lipinski definition) is 0. The largest absolute Gasteiger partial charge is 0.351 e. The molecule has 1 heterocycles. The lowest BCUT2D eigenvalue weighted by molar-refractivity contribution is 0.207. The fourth-order valence-electron chi connectivity index (χ4n) is 1.00. The van der Waals surface area contributed by atoms with Crippen molar-refractivity contribution >= 4 is 22.2 Å². The highest BCUT2D eigenvalue weighted by Gasteiger charge is 2.34. The second kappa shape index (κ2) is 3.12. The van der Waals surface area contributed by atoms with Crippen LogP contribution in [0, 0.1) is 0 Å². The van der Waals surface area contributed by atoms with Crippen LogP contribution in [0.15, 0.2) is 4.40 Å². The smallest absolute Gasteiger partial charge is 0.348 e. The summed E-state index contributed by atoms with van der Waals surface area (Å²) in [6.45, 7) is 0. The van der Waals surface area contributed by atoms with E-state index in [9.17, 15) is 13.2 Å². The molecule has 0 saturated carbocycles. The lowest BCUT2D eigenvalue weighted by atomic mass is 10.7. The van der Waals surface area contributed by atoms with Gasteiger partial charge in [-0.1, -0.05) is 0 Å². The molecule has 0 aliphatic carbocycles. The molecule has 8 heteroatoms. The fraction of sp³-hybridized carbons (Fsp3) is 0.667. The Morgan fingerprint density at radius 3 is 2.21 bits per heavy atom. The molecule has 0 bridgehead atoms. The molecular weight excluding hydrogens is 208 g/mol. The predicted molar refractivity (Wildman–Crippen MR) is 51.0 cm³/mol. The molecule has 1 rings (SSSR count). The van der Waals surface area contributed by atoms with Crippen LogP contribution in [0.3, 0.4) is 0 Å². The van der Waals surface area contributed by atoms with Gasteiger partial charge in [0.15, 0.2) is 0 Å². The van der Waals surface area contributed by atoms with Crippen LogP contribution in [0.1, 0.15) is 0 Å². The molecule has 0 spiro atoms. The number of guanidine groups is 1.